The van der Waals surface area contributed by atoms with Gasteiger partial charge >= 0.3 is 204 Å². The molecule has 0 spiro atoms. The van der Waals surface area contributed by atoms with E-state index in [0.717, 1.165) is 2.31 Å². The second-order valence-electron chi connectivity index (χ2n) is 7.08. The predicted octanol–water partition coefficient (Wildman–Crippen LogP) is 0.390. The third-order valence-electron chi connectivity index (χ3n) is 5.10. The van der Waals surface area contributed by atoms with Gasteiger partial charge in [0.15, 0.2) is 0 Å². The number of ether oxygens (including phenoxy) is 1. The predicted molar refractivity (Wildman–Crippen MR) is 131 cm³/mol. The van der Waals surface area contributed by atoms with Crippen LogP contribution in [0.1, 0.15) is 6.92 Å². The van der Waals surface area contributed by atoms with Gasteiger partial charge in [-0.25, -0.2) is 0 Å². The Labute approximate surface area is 202 Å². The molecule has 0 radical (unpaired) electrons. The molecule has 0 fully saturated rings. The zero-order valence-corrected chi connectivity index (χ0v) is 21.9. The van der Waals surface area contributed by atoms with E-state index in [2.05, 4.69) is 97.1 Å². The fourth-order valence-corrected chi connectivity index (χ4v) is 21.3. The summed E-state index contributed by atoms with van der Waals surface area (Å²) in [5.74, 6) is -0.145. The molecule has 4 heteroatoms. The zero-order valence-electron chi connectivity index (χ0n) is 17.9. The molecule has 0 unspecified atom stereocenters. The Morgan fingerprint density at radius 3 is 1.41 bits per heavy atom. The Morgan fingerprint density at radius 1 is 0.656 bits per heavy atom. The SMILES string of the molecule is CCOC(=O)C([I+]c1ccccc1)=[As](c1ccccc1)(c1ccccc1)c1ccccc1. The van der Waals surface area contributed by atoms with E-state index in [0.29, 0.717) is 6.61 Å². The molecule has 32 heavy (non-hydrogen) atoms. The number of carbonyl (C=O) groups is 1. The molecule has 0 N–H and O–H groups in total. The van der Waals surface area contributed by atoms with E-state index < -0.39 is 34.3 Å². The first-order valence-electron chi connectivity index (χ1n) is 10.6. The van der Waals surface area contributed by atoms with Gasteiger partial charge in [0, 0.05) is 0 Å². The average molecular weight is 595 g/mol. The molecule has 4 aromatic carbocycles. The number of esters is 1. The first-order chi connectivity index (χ1) is 15.8. The van der Waals surface area contributed by atoms with Crippen LogP contribution in [0.2, 0.25) is 0 Å². The van der Waals surface area contributed by atoms with Crippen molar-refractivity contribution < 1.29 is 30.7 Å². The van der Waals surface area contributed by atoms with Crippen LogP contribution in [0.25, 0.3) is 0 Å². The van der Waals surface area contributed by atoms with Gasteiger partial charge in [-0.3, -0.25) is 0 Å². The third-order valence-corrected chi connectivity index (χ3v) is 20.7. The van der Waals surface area contributed by atoms with Crippen molar-refractivity contribution >= 4 is 34.4 Å². The fraction of sp³-hybridized carbons (Fsp3) is 0.0714. The number of hydrogen-bond donors (Lipinski definition) is 0. The minimum atomic E-state index is -3.35. The van der Waals surface area contributed by atoms with Crippen LogP contribution in [0.15, 0.2) is 121 Å². The minimum absolute atomic E-state index is 0.145. The Bertz CT molecular complexity index is 1100. The van der Waals surface area contributed by atoms with Crippen LogP contribution in [0.4, 0.5) is 0 Å². The van der Waals surface area contributed by atoms with Crippen LogP contribution in [0.5, 0.6) is 0 Å². The molecule has 0 bridgehead atoms. The molecule has 0 heterocycles. The van der Waals surface area contributed by atoms with E-state index in [1.165, 1.54) is 16.6 Å². The summed E-state index contributed by atoms with van der Waals surface area (Å²) >= 11 is -4.09. The van der Waals surface area contributed by atoms with E-state index in [1.807, 2.05) is 31.2 Å². The normalized spacial score (nSPS) is 11.0. The van der Waals surface area contributed by atoms with Crippen LogP contribution < -0.4 is 34.3 Å². The Hall–Kier alpha value is -2.49. The molecule has 0 aliphatic rings. The molecule has 0 amide bonds. The molecule has 0 saturated carbocycles. The molecule has 0 aliphatic carbocycles. The van der Waals surface area contributed by atoms with Crippen LogP contribution >= 0.6 is 0 Å². The van der Waals surface area contributed by atoms with Crippen LogP contribution in [0.3, 0.4) is 0 Å². The van der Waals surface area contributed by atoms with Gasteiger partial charge in [-0.15, -0.1) is 0 Å². The Morgan fingerprint density at radius 2 is 1.03 bits per heavy atom. The van der Waals surface area contributed by atoms with Crippen molar-refractivity contribution in [2.75, 3.05) is 6.61 Å². The maximum absolute atomic E-state index is 13.7. The van der Waals surface area contributed by atoms with Crippen molar-refractivity contribution in [3.63, 3.8) is 0 Å². The number of benzene rings is 4. The van der Waals surface area contributed by atoms with E-state index in [-0.39, 0.29) is 5.97 Å². The standard InChI is InChI=1S/C28H25AsIO2/c1-2-32-28(31)27(30-26-21-13-6-14-22-26)29(23-15-7-3-8-16-23,24-17-9-4-10-18-24)25-19-11-5-12-20-25/h3-22H,2H2,1H3/q+1. The molecule has 0 aromatic heterocycles. The summed E-state index contributed by atoms with van der Waals surface area (Å²) < 4.78 is 11.7. The monoisotopic (exact) mass is 595 g/mol. The summed E-state index contributed by atoms with van der Waals surface area (Å²) in [4.78, 5) is 13.7. The molecule has 4 aromatic rings. The number of carbonyl (C=O) groups excluding carboxylic acids is 1. The van der Waals surface area contributed by atoms with Gasteiger partial charge in [-0.05, 0) is 0 Å². The molecular formula is C28H25AsIO2+. The zero-order chi connectivity index (χ0) is 22.2. The number of halogens is 1. The summed E-state index contributed by atoms with van der Waals surface area (Å²) in [5.41, 5.74) is 0. The van der Waals surface area contributed by atoms with Gasteiger partial charge in [0.1, 0.15) is 0 Å². The van der Waals surface area contributed by atoms with E-state index in [9.17, 15) is 4.79 Å². The third kappa shape index (κ3) is 4.65. The van der Waals surface area contributed by atoms with E-state index in [4.69, 9.17) is 4.74 Å². The van der Waals surface area contributed by atoms with Gasteiger partial charge in [-0.1, -0.05) is 0 Å². The second kappa shape index (κ2) is 10.9. The molecule has 160 valence electrons. The first kappa shape index (κ1) is 22.7. The van der Waals surface area contributed by atoms with Gasteiger partial charge in [0.2, 0.25) is 0 Å². The van der Waals surface area contributed by atoms with Crippen LogP contribution in [-0.2, 0) is 9.53 Å². The fourth-order valence-electron chi connectivity index (χ4n) is 3.75. The van der Waals surface area contributed by atoms with Crippen LogP contribution in [-0.4, -0.2) is 28.0 Å². The Balaban J connectivity index is 2.18. The van der Waals surface area contributed by atoms with Gasteiger partial charge in [0.25, 0.3) is 0 Å². The Kier molecular flexibility index (Phi) is 7.72. The number of rotatable bonds is 7. The summed E-state index contributed by atoms with van der Waals surface area (Å²) in [6.45, 7) is 2.26. The second-order valence-corrected chi connectivity index (χ2v) is 18.8. The number of hydrogen-bond acceptors (Lipinski definition) is 2. The van der Waals surface area contributed by atoms with Crippen molar-refractivity contribution in [2.45, 2.75) is 6.92 Å². The van der Waals surface area contributed by atoms with Crippen LogP contribution in [0, 0.1) is 3.57 Å². The molecule has 2 nitrogen and oxygen atoms in total. The van der Waals surface area contributed by atoms with Gasteiger partial charge in [-0.2, -0.15) is 0 Å². The van der Waals surface area contributed by atoms with Crippen molar-refractivity contribution in [1.29, 1.82) is 0 Å². The molecule has 4 rings (SSSR count). The topological polar surface area (TPSA) is 26.3 Å². The van der Waals surface area contributed by atoms with E-state index in [1.54, 1.807) is 0 Å². The molecule has 0 saturated heterocycles. The van der Waals surface area contributed by atoms with Crippen molar-refractivity contribution in [2.24, 2.45) is 0 Å². The van der Waals surface area contributed by atoms with Crippen molar-refractivity contribution in [1.82, 2.24) is 0 Å². The van der Waals surface area contributed by atoms with Gasteiger partial charge in [0.05, 0.1) is 0 Å². The molecule has 0 aliphatic heterocycles. The summed E-state index contributed by atoms with van der Waals surface area (Å²) in [7, 11) is 0. The molecule has 0 atom stereocenters. The quantitative estimate of drug-likeness (QED) is 0.176. The van der Waals surface area contributed by atoms with Crippen molar-refractivity contribution in [3.8, 4) is 0 Å². The summed E-state index contributed by atoms with van der Waals surface area (Å²) in [6, 6.07) is 42.2. The van der Waals surface area contributed by atoms with Crippen molar-refractivity contribution in [3.05, 3.63) is 125 Å². The average Bonchev–Trinajstić information content (AvgIpc) is 2.87. The first-order valence-corrected chi connectivity index (χ1v) is 16.5. The summed E-state index contributed by atoms with van der Waals surface area (Å²) in [6.07, 6.45) is 0. The van der Waals surface area contributed by atoms with Gasteiger partial charge < -0.3 is 0 Å². The summed E-state index contributed by atoms with van der Waals surface area (Å²) in [5, 5.41) is 0. The maximum atomic E-state index is 13.7. The molecular weight excluding hydrogens is 570 g/mol. The van der Waals surface area contributed by atoms with E-state index >= 15 is 0 Å².